The second-order valence-corrected chi connectivity index (χ2v) is 4.53. The van der Waals surface area contributed by atoms with E-state index in [0.29, 0.717) is 10.0 Å². The number of pyridine rings is 1. The van der Waals surface area contributed by atoms with E-state index in [9.17, 15) is 9.18 Å². The van der Waals surface area contributed by atoms with Crippen molar-refractivity contribution in [1.82, 2.24) is 4.98 Å². The van der Waals surface area contributed by atoms with E-state index in [-0.39, 0.29) is 17.4 Å². The zero-order chi connectivity index (χ0) is 13.1. The smallest absolute Gasteiger partial charge is 0.219 e. The molecule has 0 aliphatic carbocycles. The first-order valence-corrected chi connectivity index (χ1v) is 5.95. The molecule has 0 spiro atoms. The Labute approximate surface area is 112 Å². The third kappa shape index (κ3) is 2.92. The Morgan fingerprint density at radius 3 is 2.72 bits per heavy atom. The van der Waals surface area contributed by atoms with Gasteiger partial charge in [0, 0.05) is 22.3 Å². The molecule has 0 N–H and O–H groups in total. The summed E-state index contributed by atoms with van der Waals surface area (Å²) in [5.74, 6) is -0.247. The molecule has 0 fully saturated rings. The van der Waals surface area contributed by atoms with Crippen LogP contribution in [0.5, 0.6) is 11.6 Å². The van der Waals surface area contributed by atoms with Crippen molar-refractivity contribution >= 4 is 21.7 Å². The van der Waals surface area contributed by atoms with Gasteiger partial charge in [0.2, 0.25) is 5.88 Å². The van der Waals surface area contributed by atoms with Gasteiger partial charge in [0.1, 0.15) is 0 Å². The molecule has 2 aromatic rings. The van der Waals surface area contributed by atoms with Gasteiger partial charge in [0.05, 0.1) is 0 Å². The summed E-state index contributed by atoms with van der Waals surface area (Å²) in [4.78, 5) is 15.0. The van der Waals surface area contributed by atoms with Crippen LogP contribution >= 0.6 is 15.9 Å². The van der Waals surface area contributed by atoms with Crippen molar-refractivity contribution in [3.8, 4) is 11.6 Å². The Balaban J connectivity index is 2.23. The molecular weight excluding hydrogens is 301 g/mol. The van der Waals surface area contributed by atoms with E-state index in [2.05, 4.69) is 20.9 Å². The monoisotopic (exact) mass is 309 g/mol. The second kappa shape index (κ2) is 5.27. The number of aromatic nitrogens is 1. The minimum atomic E-state index is -0.476. The number of nitrogens with zero attached hydrogens (tertiary/aromatic N) is 1. The minimum Gasteiger partial charge on any atom is -0.436 e. The molecule has 0 aliphatic rings. The normalized spacial score (nSPS) is 10.2. The minimum absolute atomic E-state index is 0.0763. The quantitative estimate of drug-likeness (QED) is 0.805. The van der Waals surface area contributed by atoms with Crippen LogP contribution in [0.3, 0.4) is 0 Å². The van der Waals surface area contributed by atoms with Crippen LogP contribution in [0.25, 0.3) is 0 Å². The molecule has 0 amide bonds. The van der Waals surface area contributed by atoms with E-state index in [1.165, 1.54) is 31.3 Å². The summed E-state index contributed by atoms with van der Waals surface area (Å²) < 4.78 is 19.4. The van der Waals surface area contributed by atoms with Gasteiger partial charge >= 0.3 is 0 Å². The van der Waals surface area contributed by atoms with Gasteiger partial charge in [-0.1, -0.05) is 15.9 Å². The predicted molar refractivity (Wildman–Crippen MR) is 68.4 cm³/mol. The highest BCUT2D eigenvalue weighted by Gasteiger charge is 2.07. The topological polar surface area (TPSA) is 39.2 Å². The second-order valence-electron chi connectivity index (χ2n) is 3.62. The number of carbonyl (C=O) groups excluding carboxylic acids is 1. The molecule has 0 saturated carbocycles. The van der Waals surface area contributed by atoms with Gasteiger partial charge in [-0.15, -0.1) is 0 Å². The summed E-state index contributed by atoms with van der Waals surface area (Å²) in [6, 6.07) is 7.49. The molecule has 1 aromatic heterocycles. The van der Waals surface area contributed by atoms with Crippen LogP contribution in [0.2, 0.25) is 0 Å². The number of Topliss-reactive ketones (excluding diaryl/α,β-unsaturated/α-hetero) is 1. The molecule has 0 bridgehead atoms. The van der Waals surface area contributed by atoms with Crippen molar-refractivity contribution in [2.75, 3.05) is 0 Å². The SMILES string of the molecule is CC(=O)c1ccc(Oc2cc(Br)ccc2F)nc1. The number of halogens is 2. The third-order valence-corrected chi connectivity index (χ3v) is 2.74. The molecule has 3 nitrogen and oxygen atoms in total. The first kappa shape index (κ1) is 12.7. The van der Waals surface area contributed by atoms with Crippen LogP contribution in [0.1, 0.15) is 17.3 Å². The van der Waals surface area contributed by atoms with Gasteiger partial charge in [-0.2, -0.15) is 0 Å². The highest BCUT2D eigenvalue weighted by atomic mass is 79.9. The lowest BCUT2D eigenvalue weighted by molar-refractivity contribution is 0.101. The average molecular weight is 310 g/mol. The molecule has 18 heavy (non-hydrogen) atoms. The number of ketones is 1. The summed E-state index contributed by atoms with van der Waals surface area (Å²) in [5, 5.41) is 0. The molecule has 92 valence electrons. The van der Waals surface area contributed by atoms with Crippen LogP contribution in [0.4, 0.5) is 4.39 Å². The zero-order valence-electron chi connectivity index (χ0n) is 9.48. The van der Waals surface area contributed by atoms with Crippen LogP contribution in [0.15, 0.2) is 41.0 Å². The van der Waals surface area contributed by atoms with Crippen LogP contribution in [-0.4, -0.2) is 10.8 Å². The standard InChI is InChI=1S/C13H9BrFNO2/c1-8(17)9-2-5-13(16-7-9)18-12-6-10(14)3-4-11(12)15/h2-7H,1H3. The molecule has 1 heterocycles. The number of hydrogen-bond acceptors (Lipinski definition) is 3. The largest absolute Gasteiger partial charge is 0.436 e. The molecular formula is C13H9BrFNO2. The van der Waals surface area contributed by atoms with E-state index in [4.69, 9.17) is 4.74 Å². The number of benzene rings is 1. The highest BCUT2D eigenvalue weighted by Crippen LogP contribution is 2.26. The molecule has 0 aliphatic heterocycles. The van der Waals surface area contributed by atoms with Gasteiger partial charge < -0.3 is 4.74 Å². The van der Waals surface area contributed by atoms with E-state index < -0.39 is 5.82 Å². The third-order valence-electron chi connectivity index (χ3n) is 2.25. The van der Waals surface area contributed by atoms with Gasteiger partial charge in [-0.05, 0) is 31.2 Å². The van der Waals surface area contributed by atoms with Crippen molar-refractivity contribution in [1.29, 1.82) is 0 Å². The van der Waals surface area contributed by atoms with Crippen LogP contribution in [0, 0.1) is 5.82 Å². The molecule has 0 radical (unpaired) electrons. The van der Waals surface area contributed by atoms with Crippen LogP contribution in [-0.2, 0) is 0 Å². The maximum atomic E-state index is 13.4. The molecule has 2 rings (SSSR count). The lowest BCUT2D eigenvalue weighted by Gasteiger charge is -2.06. The van der Waals surface area contributed by atoms with Gasteiger partial charge in [0.25, 0.3) is 0 Å². The van der Waals surface area contributed by atoms with Crippen molar-refractivity contribution in [2.24, 2.45) is 0 Å². The molecule has 0 saturated heterocycles. The first-order chi connectivity index (χ1) is 8.56. The first-order valence-electron chi connectivity index (χ1n) is 5.16. The Morgan fingerprint density at radius 2 is 2.11 bits per heavy atom. The Kier molecular flexibility index (Phi) is 3.72. The zero-order valence-corrected chi connectivity index (χ0v) is 11.1. The average Bonchev–Trinajstić information content (AvgIpc) is 2.34. The van der Waals surface area contributed by atoms with Crippen LogP contribution < -0.4 is 4.74 Å². The van der Waals surface area contributed by atoms with Gasteiger partial charge in [-0.3, -0.25) is 4.79 Å². The number of carbonyl (C=O) groups is 1. The maximum Gasteiger partial charge on any atom is 0.219 e. The Hall–Kier alpha value is -1.75. The van der Waals surface area contributed by atoms with Gasteiger partial charge in [0.15, 0.2) is 17.3 Å². The fourth-order valence-electron chi connectivity index (χ4n) is 1.32. The number of hydrogen-bond donors (Lipinski definition) is 0. The molecule has 5 heteroatoms. The van der Waals surface area contributed by atoms with Crippen molar-refractivity contribution in [2.45, 2.75) is 6.92 Å². The Bertz CT molecular complexity index is 584. The van der Waals surface area contributed by atoms with Crippen molar-refractivity contribution in [3.63, 3.8) is 0 Å². The fourth-order valence-corrected chi connectivity index (χ4v) is 1.66. The summed E-state index contributed by atoms with van der Waals surface area (Å²) in [6.45, 7) is 1.45. The molecule has 1 aromatic carbocycles. The van der Waals surface area contributed by atoms with E-state index in [1.807, 2.05) is 0 Å². The lowest BCUT2D eigenvalue weighted by Crippen LogP contribution is -1.95. The lowest BCUT2D eigenvalue weighted by atomic mass is 10.2. The highest BCUT2D eigenvalue weighted by molar-refractivity contribution is 9.10. The summed E-state index contributed by atoms with van der Waals surface area (Å²) in [7, 11) is 0. The number of ether oxygens (including phenoxy) is 1. The number of rotatable bonds is 3. The summed E-state index contributed by atoms with van der Waals surface area (Å²) in [6.07, 6.45) is 1.40. The van der Waals surface area contributed by atoms with E-state index in [1.54, 1.807) is 12.1 Å². The van der Waals surface area contributed by atoms with Gasteiger partial charge in [-0.25, -0.2) is 9.37 Å². The van der Waals surface area contributed by atoms with Crippen molar-refractivity contribution < 1.29 is 13.9 Å². The van der Waals surface area contributed by atoms with E-state index >= 15 is 0 Å². The summed E-state index contributed by atoms with van der Waals surface area (Å²) >= 11 is 3.23. The maximum absolute atomic E-state index is 13.4. The summed E-state index contributed by atoms with van der Waals surface area (Å²) in [5.41, 5.74) is 0.483. The predicted octanol–water partition coefficient (Wildman–Crippen LogP) is 3.98. The Morgan fingerprint density at radius 1 is 1.33 bits per heavy atom. The molecule has 0 unspecified atom stereocenters. The van der Waals surface area contributed by atoms with E-state index in [0.717, 1.165) is 0 Å². The fraction of sp³-hybridized carbons (Fsp3) is 0.0769. The van der Waals surface area contributed by atoms with Crippen molar-refractivity contribution in [3.05, 3.63) is 52.4 Å². The molecule has 0 atom stereocenters.